The maximum atomic E-state index is 12.3. The third-order valence-corrected chi connectivity index (χ3v) is 1.54. The number of hydrogen-bond acceptors (Lipinski definition) is 3. The first-order chi connectivity index (χ1) is 6.79. The van der Waals surface area contributed by atoms with Gasteiger partial charge in [0.05, 0.1) is 5.56 Å². The molecule has 3 nitrogen and oxygen atoms in total. The van der Waals surface area contributed by atoms with Gasteiger partial charge < -0.3 is 4.74 Å². The van der Waals surface area contributed by atoms with Gasteiger partial charge in [-0.1, -0.05) is 11.6 Å². The van der Waals surface area contributed by atoms with Crippen molar-refractivity contribution < 1.29 is 22.7 Å². The molecule has 0 saturated carbocycles. The van der Waals surface area contributed by atoms with Crippen LogP contribution in [-0.2, 0) is 11.0 Å². The van der Waals surface area contributed by atoms with E-state index in [0.29, 0.717) is 12.1 Å². The second-order valence-corrected chi connectivity index (χ2v) is 3.00. The monoisotopic (exact) mass is 239 g/mol. The zero-order valence-electron chi connectivity index (χ0n) is 7.43. The van der Waals surface area contributed by atoms with E-state index in [-0.39, 0.29) is 5.15 Å². The average molecular weight is 240 g/mol. The fraction of sp³-hybridized carbons (Fsp3) is 0.250. The van der Waals surface area contributed by atoms with Crippen LogP contribution in [-0.4, -0.2) is 11.0 Å². The van der Waals surface area contributed by atoms with E-state index in [1.54, 1.807) is 0 Å². The van der Waals surface area contributed by atoms with Gasteiger partial charge in [-0.25, -0.2) is 4.98 Å². The normalized spacial score (nSPS) is 11.3. The first-order valence-electron chi connectivity index (χ1n) is 3.72. The van der Waals surface area contributed by atoms with Crippen molar-refractivity contribution in [2.24, 2.45) is 0 Å². The van der Waals surface area contributed by atoms with Crippen molar-refractivity contribution >= 4 is 17.6 Å². The van der Waals surface area contributed by atoms with Gasteiger partial charge in [-0.05, 0) is 6.07 Å². The molecule has 0 bridgehead atoms. The number of hydrogen-bond donors (Lipinski definition) is 0. The van der Waals surface area contributed by atoms with Crippen LogP contribution in [0.4, 0.5) is 13.2 Å². The lowest BCUT2D eigenvalue weighted by Gasteiger charge is -2.08. The van der Waals surface area contributed by atoms with Crippen LogP contribution in [0.3, 0.4) is 0 Å². The van der Waals surface area contributed by atoms with Gasteiger partial charge in [0.25, 0.3) is 0 Å². The van der Waals surface area contributed by atoms with Crippen LogP contribution >= 0.6 is 11.6 Å². The second-order valence-electron chi connectivity index (χ2n) is 2.61. The lowest BCUT2D eigenvalue weighted by atomic mass is 10.2. The fourth-order valence-electron chi connectivity index (χ4n) is 0.836. The number of esters is 1. The summed E-state index contributed by atoms with van der Waals surface area (Å²) >= 11 is 5.34. The molecule has 0 aliphatic heterocycles. The van der Waals surface area contributed by atoms with E-state index in [0.717, 1.165) is 6.92 Å². The number of pyridine rings is 1. The molecule has 0 spiro atoms. The molecule has 0 unspecified atom stereocenters. The Balaban J connectivity index is 3.11. The highest BCUT2D eigenvalue weighted by molar-refractivity contribution is 6.29. The quantitative estimate of drug-likeness (QED) is 0.559. The molecule has 1 rings (SSSR count). The van der Waals surface area contributed by atoms with Crippen LogP contribution in [0, 0.1) is 0 Å². The molecule has 15 heavy (non-hydrogen) atoms. The number of carbonyl (C=O) groups is 1. The van der Waals surface area contributed by atoms with Gasteiger partial charge in [0, 0.05) is 13.0 Å². The topological polar surface area (TPSA) is 39.2 Å². The Bertz CT molecular complexity index is 392. The minimum atomic E-state index is -4.55. The van der Waals surface area contributed by atoms with E-state index in [1.807, 2.05) is 0 Å². The number of rotatable bonds is 1. The Morgan fingerprint density at radius 3 is 2.53 bits per heavy atom. The largest absolute Gasteiger partial charge is 0.416 e. The molecule has 0 radical (unpaired) electrons. The maximum absolute atomic E-state index is 12.3. The smallest absolute Gasteiger partial charge is 0.408 e. The molecule has 0 atom stereocenters. The average Bonchev–Trinajstić information content (AvgIpc) is 1.99. The molecule has 0 aliphatic rings. The summed E-state index contributed by atoms with van der Waals surface area (Å²) in [5.74, 6) is -1.24. The minimum Gasteiger partial charge on any atom is -0.408 e. The third-order valence-electron chi connectivity index (χ3n) is 1.35. The summed E-state index contributed by atoms with van der Waals surface area (Å²) in [5.41, 5.74) is -1.02. The summed E-state index contributed by atoms with van der Waals surface area (Å²) in [6.45, 7) is 1.05. The molecule has 1 aromatic heterocycles. The second kappa shape index (κ2) is 4.06. The summed E-state index contributed by atoms with van der Waals surface area (Å²) in [6, 6.07) is 1.25. The van der Waals surface area contributed by atoms with Crippen molar-refractivity contribution in [3.05, 3.63) is 22.8 Å². The standard InChI is InChI=1S/C8H5ClF3NO2/c1-4(14)15-7-3-5(8(10,11)12)2-6(9)13-7/h2-3H,1H3. The zero-order chi connectivity index (χ0) is 11.6. The molecule has 1 aromatic rings. The van der Waals surface area contributed by atoms with Gasteiger partial charge >= 0.3 is 12.1 Å². The van der Waals surface area contributed by atoms with Crippen LogP contribution in [0.2, 0.25) is 5.15 Å². The van der Waals surface area contributed by atoms with Crippen LogP contribution in [0.15, 0.2) is 12.1 Å². The minimum absolute atomic E-state index is 0.388. The van der Waals surface area contributed by atoms with Crippen LogP contribution in [0.25, 0.3) is 0 Å². The number of halogens is 4. The molecule has 0 aliphatic carbocycles. The Labute approximate surface area is 87.8 Å². The van der Waals surface area contributed by atoms with Crippen molar-refractivity contribution in [2.75, 3.05) is 0 Å². The van der Waals surface area contributed by atoms with E-state index in [9.17, 15) is 18.0 Å². The number of aromatic nitrogens is 1. The van der Waals surface area contributed by atoms with E-state index < -0.39 is 23.6 Å². The summed E-state index contributed by atoms with van der Waals surface area (Å²) in [4.78, 5) is 13.9. The number of alkyl halides is 3. The van der Waals surface area contributed by atoms with E-state index in [1.165, 1.54) is 0 Å². The predicted octanol–water partition coefficient (Wildman–Crippen LogP) is 2.68. The van der Waals surface area contributed by atoms with Gasteiger partial charge in [-0.2, -0.15) is 13.2 Å². The van der Waals surface area contributed by atoms with Crippen molar-refractivity contribution in [2.45, 2.75) is 13.1 Å². The predicted molar refractivity (Wildman–Crippen MR) is 45.6 cm³/mol. The van der Waals surface area contributed by atoms with Gasteiger partial charge in [0.15, 0.2) is 0 Å². The Morgan fingerprint density at radius 1 is 1.47 bits per heavy atom. The summed E-state index contributed by atoms with van der Waals surface area (Å²) in [6.07, 6.45) is -4.55. The molecule has 0 saturated heterocycles. The Kier molecular flexibility index (Phi) is 3.18. The summed E-state index contributed by atoms with van der Waals surface area (Å²) in [7, 11) is 0. The Hall–Kier alpha value is -1.30. The number of nitrogens with zero attached hydrogens (tertiary/aromatic N) is 1. The van der Waals surface area contributed by atoms with Crippen molar-refractivity contribution in [3.63, 3.8) is 0 Å². The Morgan fingerprint density at radius 2 is 2.07 bits per heavy atom. The molecule has 0 N–H and O–H groups in total. The molecule has 0 amide bonds. The first kappa shape index (κ1) is 11.8. The molecule has 7 heteroatoms. The highest BCUT2D eigenvalue weighted by Gasteiger charge is 2.31. The van der Waals surface area contributed by atoms with Gasteiger partial charge in [0.1, 0.15) is 5.15 Å². The fourth-order valence-corrected chi connectivity index (χ4v) is 1.04. The highest BCUT2D eigenvalue weighted by atomic mass is 35.5. The van der Waals surface area contributed by atoms with Crippen molar-refractivity contribution in [1.82, 2.24) is 4.98 Å². The van der Waals surface area contributed by atoms with E-state index in [2.05, 4.69) is 9.72 Å². The molecule has 0 aromatic carbocycles. The summed E-state index contributed by atoms with van der Waals surface area (Å²) in [5, 5.41) is -0.388. The van der Waals surface area contributed by atoms with Crippen molar-refractivity contribution in [3.8, 4) is 5.88 Å². The van der Waals surface area contributed by atoms with E-state index in [4.69, 9.17) is 11.6 Å². The SMILES string of the molecule is CC(=O)Oc1cc(C(F)(F)F)cc(Cl)n1. The molecule has 1 heterocycles. The van der Waals surface area contributed by atoms with Crippen LogP contribution < -0.4 is 4.74 Å². The molecular weight excluding hydrogens is 235 g/mol. The van der Waals surface area contributed by atoms with Crippen LogP contribution in [0.5, 0.6) is 5.88 Å². The molecular formula is C8H5ClF3NO2. The maximum Gasteiger partial charge on any atom is 0.416 e. The third kappa shape index (κ3) is 3.39. The van der Waals surface area contributed by atoms with Gasteiger partial charge in [-0.3, -0.25) is 4.79 Å². The van der Waals surface area contributed by atoms with Crippen LogP contribution in [0.1, 0.15) is 12.5 Å². The lowest BCUT2D eigenvalue weighted by molar-refractivity contribution is -0.138. The lowest BCUT2D eigenvalue weighted by Crippen LogP contribution is -2.08. The zero-order valence-corrected chi connectivity index (χ0v) is 8.19. The van der Waals surface area contributed by atoms with Gasteiger partial charge in [-0.15, -0.1) is 0 Å². The molecule has 82 valence electrons. The summed E-state index contributed by atoms with van der Waals surface area (Å²) < 4.78 is 41.2. The van der Waals surface area contributed by atoms with Gasteiger partial charge in [0.2, 0.25) is 5.88 Å². The molecule has 0 fully saturated rings. The van der Waals surface area contributed by atoms with E-state index >= 15 is 0 Å². The highest BCUT2D eigenvalue weighted by Crippen LogP contribution is 2.32. The van der Waals surface area contributed by atoms with Crippen molar-refractivity contribution in [1.29, 1.82) is 0 Å². The number of carbonyl (C=O) groups excluding carboxylic acids is 1. The first-order valence-corrected chi connectivity index (χ1v) is 4.10. The number of ether oxygens (including phenoxy) is 1.